The quantitative estimate of drug-likeness (QED) is 0.118. The zero-order chi connectivity index (χ0) is 32.2. The van der Waals surface area contributed by atoms with E-state index in [1.54, 1.807) is 45.0 Å². The summed E-state index contributed by atoms with van der Waals surface area (Å²) in [5.41, 5.74) is 1.81. The first-order chi connectivity index (χ1) is 21.6. The third-order valence-corrected chi connectivity index (χ3v) is 6.47. The molecular formula is C36H37N2NaO7. The number of hydrogen-bond donors (Lipinski definition) is 2. The molecule has 4 aromatic carbocycles. The molecule has 0 aliphatic rings. The second kappa shape index (κ2) is 17.3. The summed E-state index contributed by atoms with van der Waals surface area (Å²) in [6, 6.07) is 31.5. The van der Waals surface area contributed by atoms with Crippen molar-refractivity contribution < 1.29 is 33.4 Å². The molecule has 0 fully saturated rings. The summed E-state index contributed by atoms with van der Waals surface area (Å²) < 4.78 is 16.3. The molecule has 4 rings (SSSR count). The number of nitrogens with one attached hydrogen (secondary N) is 2. The molecule has 0 aromatic heterocycles. The van der Waals surface area contributed by atoms with Crippen LogP contribution < -0.4 is 10.6 Å². The third kappa shape index (κ3) is 11.5. The molecule has 46 heavy (non-hydrogen) atoms. The number of ether oxygens (including phenoxy) is 3. The first kappa shape index (κ1) is 36.0. The SMILES string of the molecule is CC(C)(C)OC(=O)NCC(C(=O)Nc1cc(C(=O)OCc2ccccc2)cc(C(=O)OCc2ccccc2)c1)c1ccccc1.[NaH]. The number of esters is 2. The Kier molecular flexibility index (Phi) is 13.6. The van der Waals surface area contributed by atoms with Crippen LogP contribution in [0.1, 0.15) is 64.1 Å². The molecule has 0 spiro atoms. The standard InChI is InChI=1S/C36H36N2O7.Na.H/c1-36(2,3)45-35(42)37-22-31(27-17-11-6-12-18-27)32(39)38-30-20-28(33(40)43-23-25-13-7-4-8-14-25)19-29(21-30)34(41)44-24-26-15-9-5-10-16-26;;/h4-21,31H,22-24H2,1-3H3,(H,37,42)(H,38,39);;. The predicted octanol–water partition coefficient (Wildman–Crippen LogP) is 6.00. The molecule has 234 valence electrons. The molecule has 0 aliphatic carbocycles. The molecule has 1 atom stereocenters. The van der Waals surface area contributed by atoms with Gasteiger partial charge in [-0.2, -0.15) is 0 Å². The number of hydrogen-bond acceptors (Lipinski definition) is 7. The van der Waals surface area contributed by atoms with E-state index in [1.807, 2.05) is 66.7 Å². The Morgan fingerprint density at radius 3 is 1.59 bits per heavy atom. The van der Waals surface area contributed by atoms with Crippen LogP contribution in [0.5, 0.6) is 0 Å². The van der Waals surface area contributed by atoms with E-state index in [-0.39, 0.29) is 66.1 Å². The van der Waals surface area contributed by atoms with Crippen LogP contribution >= 0.6 is 0 Å². The van der Waals surface area contributed by atoms with Gasteiger partial charge in [-0.1, -0.05) is 91.0 Å². The van der Waals surface area contributed by atoms with Crippen molar-refractivity contribution in [1.29, 1.82) is 0 Å². The topological polar surface area (TPSA) is 120 Å². The van der Waals surface area contributed by atoms with E-state index in [4.69, 9.17) is 14.2 Å². The van der Waals surface area contributed by atoms with E-state index in [0.717, 1.165) is 11.1 Å². The minimum absolute atomic E-state index is 0. The number of alkyl carbamates (subject to hydrolysis) is 1. The maximum atomic E-state index is 13.7. The van der Waals surface area contributed by atoms with E-state index in [2.05, 4.69) is 10.6 Å². The van der Waals surface area contributed by atoms with Crippen LogP contribution in [0.2, 0.25) is 0 Å². The summed E-state index contributed by atoms with van der Waals surface area (Å²) in [7, 11) is 0. The average molecular weight is 633 g/mol. The Balaban J connectivity index is 0.00000576. The normalized spacial score (nSPS) is 11.3. The summed E-state index contributed by atoms with van der Waals surface area (Å²) in [5.74, 6) is -2.66. The summed E-state index contributed by atoms with van der Waals surface area (Å²) in [4.78, 5) is 52.3. The van der Waals surface area contributed by atoms with Gasteiger partial charge in [0.05, 0.1) is 17.0 Å². The molecular weight excluding hydrogens is 595 g/mol. The van der Waals surface area contributed by atoms with Gasteiger partial charge in [-0.05, 0) is 55.7 Å². The third-order valence-electron chi connectivity index (χ3n) is 6.47. The summed E-state index contributed by atoms with van der Waals surface area (Å²) in [5, 5.41) is 5.46. The Morgan fingerprint density at radius 2 is 1.13 bits per heavy atom. The van der Waals surface area contributed by atoms with Crippen molar-refractivity contribution in [2.24, 2.45) is 0 Å². The molecule has 0 heterocycles. The zero-order valence-electron chi connectivity index (χ0n) is 25.4. The molecule has 4 aromatic rings. The molecule has 10 heteroatoms. The average Bonchev–Trinajstić information content (AvgIpc) is 3.03. The van der Waals surface area contributed by atoms with Crippen molar-refractivity contribution in [3.63, 3.8) is 0 Å². The van der Waals surface area contributed by atoms with Gasteiger partial charge in [0.1, 0.15) is 18.8 Å². The zero-order valence-corrected chi connectivity index (χ0v) is 25.4. The van der Waals surface area contributed by atoms with Crippen LogP contribution in [0.3, 0.4) is 0 Å². The van der Waals surface area contributed by atoms with E-state index < -0.39 is 35.5 Å². The van der Waals surface area contributed by atoms with Gasteiger partial charge in [0, 0.05) is 12.2 Å². The van der Waals surface area contributed by atoms with Crippen LogP contribution in [-0.4, -0.2) is 65.6 Å². The second-order valence-electron chi connectivity index (χ2n) is 11.3. The Bertz CT molecular complexity index is 1530. The maximum absolute atomic E-state index is 13.7. The number of anilines is 1. The second-order valence-corrected chi connectivity index (χ2v) is 11.3. The summed E-state index contributed by atoms with van der Waals surface area (Å²) >= 11 is 0. The first-order valence-electron chi connectivity index (χ1n) is 14.5. The van der Waals surface area contributed by atoms with Gasteiger partial charge in [-0.3, -0.25) is 4.79 Å². The van der Waals surface area contributed by atoms with E-state index in [1.165, 1.54) is 18.2 Å². The number of rotatable bonds is 11. The van der Waals surface area contributed by atoms with Crippen molar-refractivity contribution in [2.45, 2.75) is 45.5 Å². The molecule has 0 saturated heterocycles. The molecule has 1 unspecified atom stereocenters. The number of carbonyl (C=O) groups is 4. The van der Waals surface area contributed by atoms with Gasteiger partial charge < -0.3 is 24.8 Å². The van der Waals surface area contributed by atoms with Gasteiger partial charge in [0.15, 0.2) is 0 Å². The fourth-order valence-corrected chi connectivity index (χ4v) is 4.32. The van der Waals surface area contributed by atoms with Crippen molar-refractivity contribution in [3.05, 3.63) is 137 Å². The fourth-order valence-electron chi connectivity index (χ4n) is 4.32. The van der Waals surface area contributed by atoms with Crippen molar-refractivity contribution in [2.75, 3.05) is 11.9 Å². The van der Waals surface area contributed by atoms with Crippen molar-refractivity contribution in [3.8, 4) is 0 Å². The van der Waals surface area contributed by atoms with Crippen molar-refractivity contribution in [1.82, 2.24) is 5.32 Å². The first-order valence-corrected chi connectivity index (χ1v) is 14.5. The van der Waals surface area contributed by atoms with E-state index in [9.17, 15) is 19.2 Å². The van der Waals surface area contributed by atoms with Crippen molar-refractivity contribution >= 4 is 59.2 Å². The van der Waals surface area contributed by atoms with E-state index >= 15 is 0 Å². The van der Waals surface area contributed by atoms with Gasteiger partial charge in [-0.25, -0.2) is 14.4 Å². The van der Waals surface area contributed by atoms with Crippen LogP contribution in [0.25, 0.3) is 0 Å². The summed E-state index contributed by atoms with van der Waals surface area (Å²) in [6.45, 7) is 5.22. The van der Waals surface area contributed by atoms with Gasteiger partial charge in [0.2, 0.25) is 5.91 Å². The fraction of sp³-hybridized carbons (Fsp3) is 0.222. The molecule has 2 N–H and O–H groups in total. The Hall–Kier alpha value is -4.44. The Morgan fingerprint density at radius 1 is 0.674 bits per heavy atom. The van der Waals surface area contributed by atoms with Crippen LogP contribution in [0.15, 0.2) is 109 Å². The summed E-state index contributed by atoms with van der Waals surface area (Å²) in [6.07, 6.45) is -0.664. The number of carbonyl (C=O) groups excluding carboxylic acids is 4. The van der Waals surface area contributed by atoms with Crippen LogP contribution in [-0.2, 0) is 32.2 Å². The van der Waals surface area contributed by atoms with Crippen LogP contribution in [0, 0.1) is 0 Å². The van der Waals surface area contributed by atoms with Gasteiger partial charge >= 0.3 is 47.6 Å². The number of benzene rings is 4. The van der Waals surface area contributed by atoms with Gasteiger partial charge in [0.25, 0.3) is 0 Å². The van der Waals surface area contributed by atoms with Gasteiger partial charge in [-0.15, -0.1) is 0 Å². The molecule has 2 amide bonds. The number of amides is 2. The molecule has 0 bridgehead atoms. The minimum atomic E-state index is -0.819. The molecule has 0 aliphatic heterocycles. The molecule has 0 radical (unpaired) electrons. The monoisotopic (exact) mass is 632 g/mol. The molecule has 0 saturated carbocycles. The predicted molar refractivity (Wildman–Crippen MR) is 177 cm³/mol. The van der Waals surface area contributed by atoms with E-state index in [0.29, 0.717) is 5.56 Å². The molecule has 9 nitrogen and oxygen atoms in total. The van der Waals surface area contributed by atoms with Crippen LogP contribution in [0.4, 0.5) is 10.5 Å². The Labute approximate surface area is 290 Å².